The predicted octanol–water partition coefficient (Wildman–Crippen LogP) is 1.77. The number of nitrogen functional groups attached to an aromatic ring is 1. The molecule has 2 aromatic rings. The van der Waals surface area contributed by atoms with Gasteiger partial charge in [0.05, 0.1) is 23.5 Å². The fraction of sp³-hybridized carbons (Fsp3) is 0.250. The summed E-state index contributed by atoms with van der Waals surface area (Å²) in [6, 6.07) is 4.66. The molecule has 0 saturated heterocycles. The van der Waals surface area contributed by atoms with E-state index in [2.05, 4.69) is 9.82 Å². The van der Waals surface area contributed by atoms with Gasteiger partial charge in [0.15, 0.2) is 10.7 Å². The van der Waals surface area contributed by atoms with Crippen LogP contribution in [-0.2, 0) is 17.1 Å². The molecule has 114 valence electrons. The number of benzene rings is 1. The van der Waals surface area contributed by atoms with E-state index >= 15 is 0 Å². The van der Waals surface area contributed by atoms with Crippen LogP contribution in [0.3, 0.4) is 0 Å². The smallest absolute Gasteiger partial charge is 0.267 e. The Morgan fingerprint density at radius 3 is 2.62 bits per heavy atom. The first-order chi connectivity index (χ1) is 9.76. The highest BCUT2D eigenvalue weighted by atomic mass is 35.5. The number of hydrogen-bond acceptors (Lipinski definition) is 5. The van der Waals surface area contributed by atoms with Crippen molar-refractivity contribution >= 4 is 33.1 Å². The third-order valence-electron chi connectivity index (χ3n) is 2.99. The molecule has 21 heavy (non-hydrogen) atoms. The lowest BCUT2D eigenvalue weighted by Crippen LogP contribution is -2.15. The zero-order valence-corrected chi connectivity index (χ0v) is 13.3. The molecule has 1 aromatic carbocycles. The molecule has 3 N–H and O–H groups in total. The molecule has 0 aliphatic rings. The molecule has 0 spiro atoms. The van der Waals surface area contributed by atoms with E-state index in [1.807, 2.05) is 0 Å². The van der Waals surface area contributed by atoms with Crippen molar-refractivity contribution in [2.75, 3.05) is 17.6 Å². The summed E-state index contributed by atoms with van der Waals surface area (Å²) in [6.45, 7) is 1.62. The van der Waals surface area contributed by atoms with Crippen molar-refractivity contribution in [1.82, 2.24) is 9.78 Å². The van der Waals surface area contributed by atoms with Crippen molar-refractivity contribution < 1.29 is 13.2 Å². The van der Waals surface area contributed by atoms with Crippen LogP contribution in [0.5, 0.6) is 5.75 Å². The van der Waals surface area contributed by atoms with Gasteiger partial charge in [0.1, 0.15) is 5.75 Å². The molecule has 0 bridgehead atoms. The standard InChI is InChI=1S/C12H15ClN4O3S/c1-7-11(12(14)15-17(7)2)21(18,19)16-10-6-8(20-3)4-5-9(10)13/h4-6,16H,1-3H3,(H2,14,15). The number of hydrogen-bond donors (Lipinski definition) is 2. The zero-order chi connectivity index (χ0) is 15.8. The van der Waals surface area contributed by atoms with Gasteiger partial charge in [0, 0.05) is 13.1 Å². The third-order valence-corrected chi connectivity index (χ3v) is 4.85. The molecule has 0 aliphatic carbocycles. The number of ether oxygens (including phenoxy) is 1. The molecule has 0 amide bonds. The van der Waals surface area contributed by atoms with E-state index in [0.29, 0.717) is 11.4 Å². The zero-order valence-electron chi connectivity index (χ0n) is 11.7. The minimum atomic E-state index is -3.90. The lowest BCUT2D eigenvalue weighted by atomic mass is 10.3. The van der Waals surface area contributed by atoms with E-state index in [4.69, 9.17) is 22.1 Å². The van der Waals surface area contributed by atoms with Gasteiger partial charge < -0.3 is 10.5 Å². The Hall–Kier alpha value is -1.93. The third kappa shape index (κ3) is 2.91. The molecule has 0 radical (unpaired) electrons. The molecule has 2 rings (SSSR count). The van der Waals surface area contributed by atoms with Gasteiger partial charge in [-0.25, -0.2) is 8.42 Å². The maximum absolute atomic E-state index is 12.5. The number of nitrogens with two attached hydrogens (primary N) is 1. The van der Waals surface area contributed by atoms with Crippen LogP contribution in [0, 0.1) is 6.92 Å². The number of sulfonamides is 1. The summed E-state index contributed by atoms with van der Waals surface area (Å²) in [5, 5.41) is 4.14. The van der Waals surface area contributed by atoms with E-state index in [0.717, 1.165) is 0 Å². The average Bonchev–Trinajstić information content (AvgIpc) is 2.66. The normalized spacial score (nSPS) is 11.4. The van der Waals surface area contributed by atoms with Gasteiger partial charge in [-0.2, -0.15) is 5.10 Å². The highest BCUT2D eigenvalue weighted by Crippen LogP contribution is 2.30. The van der Waals surface area contributed by atoms with Crippen LogP contribution in [0.25, 0.3) is 0 Å². The largest absolute Gasteiger partial charge is 0.497 e. The highest BCUT2D eigenvalue weighted by Gasteiger charge is 2.25. The number of halogens is 1. The average molecular weight is 331 g/mol. The topological polar surface area (TPSA) is 99.2 Å². The number of aryl methyl sites for hydroxylation is 1. The van der Waals surface area contributed by atoms with Crippen LogP contribution >= 0.6 is 11.6 Å². The van der Waals surface area contributed by atoms with Gasteiger partial charge in [-0.05, 0) is 19.1 Å². The second-order valence-electron chi connectivity index (χ2n) is 4.37. The molecule has 0 aliphatic heterocycles. The van der Waals surface area contributed by atoms with E-state index < -0.39 is 10.0 Å². The van der Waals surface area contributed by atoms with E-state index in [1.54, 1.807) is 20.0 Å². The molecule has 1 aromatic heterocycles. The molecule has 0 atom stereocenters. The summed E-state index contributed by atoms with van der Waals surface area (Å²) >= 11 is 6.00. The van der Waals surface area contributed by atoms with Gasteiger partial charge in [-0.3, -0.25) is 9.40 Å². The van der Waals surface area contributed by atoms with Crippen molar-refractivity contribution in [2.45, 2.75) is 11.8 Å². The summed E-state index contributed by atoms with van der Waals surface area (Å²) in [5.74, 6) is 0.412. The fourth-order valence-electron chi connectivity index (χ4n) is 1.85. The van der Waals surface area contributed by atoms with Gasteiger partial charge in [-0.15, -0.1) is 0 Å². The molecule has 7 nitrogen and oxygen atoms in total. The second-order valence-corrected chi connectivity index (χ2v) is 6.40. The van der Waals surface area contributed by atoms with Crippen LogP contribution < -0.4 is 15.2 Å². The Kier molecular flexibility index (Phi) is 4.02. The van der Waals surface area contributed by atoms with Crippen LogP contribution in [-0.4, -0.2) is 25.3 Å². The first-order valence-corrected chi connectivity index (χ1v) is 7.78. The van der Waals surface area contributed by atoms with Crippen LogP contribution in [0.4, 0.5) is 11.5 Å². The van der Waals surface area contributed by atoms with E-state index in [9.17, 15) is 8.42 Å². The summed E-state index contributed by atoms with van der Waals surface area (Å²) in [4.78, 5) is -0.0658. The van der Waals surface area contributed by atoms with Crippen molar-refractivity contribution in [3.63, 3.8) is 0 Å². The molecule has 0 fully saturated rings. The summed E-state index contributed by atoms with van der Waals surface area (Å²) < 4.78 is 33.8. The Bertz CT molecular complexity index is 786. The lowest BCUT2D eigenvalue weighted by molar-refractivity contribution is 0.415. The maximum Gasteiger partial charge on any atom is 0.267 e. The van der Waals surface area contributed by atoms with Gasteiger partial charge in [0.25, 0.3) is 10.0 Å². The SMILES string of the molecule is COc1ccc(Cl)c(NS(=O)(=O)c2c(N)nn(C)c2C)c1. The number of nitrogens with zero attached hydrogens (tertiary/aromatic N) is 2. The number of methoxy groups -OCH3 is 1. The first kappa shape index (κ1) is 15.5. The Labute approximate surface area is 127 Å². The van der Waals surface area contributed by atoms with Crippen molar-refractivity contribution in [3.8, 4) is 5.75 Å². The monoisotopic (exact) mass is 330 g/mol. The Morgan fingerprint density at radius 2 is 2.10 bits per heavy atom. The minimum absolute atomic E-state index is 0.0658. The van der Waals surface area contributed by atoms with Crippen molar-refractivity contribution in [2.24, 2.45) is 7.05 Å². The first-order valence-electron chi connectivity index (χ1n) is 5.91. The van der Waals surface area contributed by atoms with Crippen LogP contribution in [0.1, 0.15) is 5.69 Å². The Morgan fingerprint density at radius 1 is 1.43 bits per heavy atom. The number of nitrogens with one attached hydrogen (secondary N) is 1. The van der Waals surface area contributed by atoms with Crippen LogP contribution in [0.15, 0.2) is 23.1 Å². The summed E-state index contributed by atoms with van der Waals surface area (Å²) in [5.41, 5.74) is 6.30. The van der Waals surface area contributed by atoms with E-state index in [-0.39, 0.29) is 21.4 Å². The minimum Gasteiger partial charge on any atom is -0.497 e. The highest BCUT2D eigenvalue weighted by molar-refractivity contribution is 7.93. The summed E-state index contributed by atoms with van der Waals surface area (Å²) in [7, 11) is -0.808. The second kappa shape index (κ2) is 5.45. The van der Waals surface area contributed by atoms with E-state index in [1.165, 1.54) is 23.9 Å². The number of anilines is 2. The molecule has 0 unspecified atom stereocenters. The Balaban J connectivity index is 2.47. The molecular weight excluding hydrogens is 316 g/mol. The molecule has 0 saturated carbocycles. The molecule has 9 heteroatoms. The van der Waals surface area contributed by atoms with Crippen molar-refractivity contribution in [1.29, 1.82) is 0 Å². The van der Waals surface area contributed by atoms with Gasteiger partial charge in [0.2, 0.25) is 0 Å². The predicted molar refractivity (Wildman–Crippen MR) is 81.2 cm³/mol. The lowest BCUT2D eigenvalue weighted by Gasteiger charge is -2.11. The number of aromatic nitrogens is 2. The quantitative estimate of drug-likeness (QED) is 0.890. The van der Waals surface area contributed by atoms with Crippen LogP contribution in [0.2, 0.25) is 5.02 Å². The van der Waals surface area contributed by atoms with Crippen molar-refractivity contribution in [3.05, 3.63) is 28.9 Å². The molecule has 1 heterocycles. The molecular formula is C12H15ClN4O3S. The van der Waals surface area contributed by atoms with Gasteiger partial charge in [-0.1, -0.05) is 11.6 Å². The fourth-order valence-corrected chi connectivity index (χ4v) is 3.47. The van der Waals surface area contributed by atoms with Gasteiger partial charge >= 0.3 is 0 Å². The number of rotatable bonds is 4. The maximum atomic E-state index is 12.5. The summed E-state index contributed by atoms with van der Waals surface area (Å²) in [6.07, 6.45) is 0.